The fourth-order valence-corrected chi connectivity index (χ4v) is 0.812. The Kier molecular flexibility index (Phi) is 1.67. The second-order valence-corrected chi connectivity index (χ2v) is 2.56. The number of nitrogens with zero attached hydrogens (tertiary/aromatic N) is 1. The largest absolute Gasteiger partial charge is 0.197 e. The molecule has 48 valence electrons. The maximum absolute atomic E-state index is 10.0. The third kappa shape index (κ3) is 1.39. The maximum atomic E-state index is 10.0. The molecule has 1 aliphatic rings. The molecule has 3 heteroatoms. The molecule has 0 aliphatic heterocycles. The molecule has 0 saturated carbocycles. The van der Waals surface area contributed by atoms with Gasteiger partial charge in [-0.2, -0.15) is 0 Å². The second kappa shape index (κ2) is 2.31. The van der Waals surface area contributed by atoms with Gasteiger partial charge in [0.2, 0.25) is 0 Å². The Morgan fingerprint density at radius 3 is 2.67 bits per heavy atom. The van der Waals surface area contributed by atoms with Crippen molar-refractivity contribution in [1.82, 2.24) is 0 Å². The summed E-state index contributed by atoms with van der Waals surface area (Å²) in [6, 6.07) is 0. The summed E-state index contributed by atoms with van der Waals surface area (Å²) in [5.74, 6) is 0. The lowest BCUT2D eigenvalue weighted by Gasteiger charge is -2.12. The highest BCUT2D eigenvalue weighted by Crippen LogP contribution is 2.26. The smallest absolute Gasteiger partial charge is 0.149 e. The Bertz CT molecular complexity index is 176. The number of hydrogen-bond acceptors (Lipinski definition) is 2. The summed E-state index contributed by atoms with van der Waals surface area (Å²) >= 11 is 5.64. The van der Waals surface area contributed by atoms with Gasteiger partial charge >= 0.3 is 0 Å². The molecule has 0 heterocycles. The molecule has 0 aromatic carbocycles. The van der Waals surface area contributed by atoms with Gasteiger partial charge in [-0.1, -0.05) is 29.8 Å². The highest BCUT2D eigenvalue weighted by Gasteiger charge is 2.23. The van der Waals surface area contributed by atoms with Gasteiger partial charge in [0.1, 0.15) is 0 Å². The molecule has 0 aromatic heterocycles. The molecule has 0 amide bonds. The topological polar surface area (TPSA) is 29.4 Å². The van der Waals surface area contributed by atoms with Gasteiger partial charge in [0.05, 0.1) is 0 Å². The molecule has 2 nitrogen and oxygen atoms in total. The van der Waals surface area contributed by atoms with E-state index in [0.717, 1.165) is 0 Å². The van der Waals surface area contributed by atoms with Crippen LogP contribution in [-0.2, 0) is 0 Å². The fraction of sp³-hybridized carbons (Fsp3) is 0.333. The average Bonchev–Trinajstić information content (AvgIpc) is 1.90. The van der Waals surface area contributed by atoms with Crippen LogP contribution in [0.15, 0.2) is 29.5 Å². The van der Waals surface area contributed by atoms with E-state index in [1.54, 1.807) is 12.2 Å². The molecule has 9 heavy (non-hydrogen) atoms. The van der Waals surface area contributed by atoms with Gasteiger partial charge in [0, 0.05) is 6.42 Å². The van der Waals surface area contributed by atoms with Gasteiger partial charge in [0.15, 0.2) is 5.00 Å². The van der Waals surface area contributed by atoms with Crippen molar-refractivity contribution in [2.45, 2.75) is 11.4 Å². The summed E-state index contributed by atoms with van der Waals surface area (Å²) in [4.78, 5) is 9.01. The van der Waals surface area contributed by atoms with Crippen molar-refractivity contribution >= 4 is 11.6 Å². The molecule has 0 saturated heterocycles. The average molecular weight is 144 g/mol. The molecule has 0 aromatic rings. The molecule has 0 radical (unpaired) electrons. The summed E-state index contributed by atoms with van der Waals surface area (Å²) in [6.45, 7) is 0. The zero-order valence-corrected chi connectivity index (χ0v) is 5.51. The zero-order valence-electron chi connectivity index (χ0n) is 4.75. The van der Waals surface area contributed by atoms with Gasteiger partial charge in [-0.3, -0.25) is 0 Å². The minimum Gasteiger partial charge on any atom is -0.149 e. The fourth-order valence-electron chi connectivity index (χ4n) is 0.651. The van der Waals surface area contributed by atoms with Crippen LogP contribution in [-0.4, -0.2) is 5.00 Å². The standard InChI is InChI=1S/C6H6ClNO/c7-6(8-9)4-2-1-3-5-6/h1-4H,5H2. The normalized spacial score (nSPS) is 32.6. The number of alkyl halides is 1. The molecule has 1 aliphatic carbocycles. The SMILES string of the molecule is O=NC1(Cl)C=CC=CC1. The lowest BCUT2D eigenvalue weighted by Crippen LogP contribution is -2.13. The van der Waals surface area contributed by atoms with Gasteiger partial charge in [-0.25, -0.2) is 0 Å². The highest BCUT2D eigenvalue weighted by molar-refractivity contribution is 6.25. The van der Waals surface area contributed by atoms with Crippen molar-refractivity contribution in [3.05, 3.63) is 29.2 Å². The zero-order chi connectivity index (χ0) is 6.74. The molecular weight excluding hydrogens is 138 g/mol. The quantitative estimate of drug-likeness (QED) is 0.314. The van der Waals surface area contributed by atoms with Crippen LogP contribution >= 0.6 is 11.6 Å². The van der Waals surface area contributed by atoms with E-state index < -0.39 is 5.00 Å². The van der Waals surface area contributed by atoms with Crippen LogP contribution in [0.1, 0.15) is 6.42 Å². The third-order valence-electron chi connectivity index (χ3n) is 1.15. The minimum atomic E-state index is -1.01. The lowest BCUT2D eigenvalue weighted by atomic mass is 10.1. The van der Waals surface area contributed by atoms with Crippen molar-refractivity contribution in [2.24, 2.45) is 5.18 Å². The molecule has 1 atom stereocenters. The Labute approximate surface area is 58.2 Å². The van der Waals surface area contributed by atoms with E-state index in [9.17, 15) is 4.91 Å². The first-order valence-electron chi connectivity index (χ1n) is 2.65. The molecular formula is C6H6ClNO. The first-order chi connectivity index (χ1) is 4.27. The Balaban J connectivity index is 2.73. The van der Waals surface area contributed by atoms with Crippen molar-refractivity contribution in [2.75, 3.05) is 0 Å². The van der Waals surface area contributed by atoms with Crippen LogP contribution in [0.2, 0.25) is 0 Å². The molecule has 1 rings (SSSR count). The second-order valence-electron chi connectivity index (χ2n) is 1.90. The van der Waals surface area contributed by atoms with Crippen molar-refractivity contribution in [3.8, 4) is 0 Å². The number of nitroso groups, excluding NO2 is 1. The van der Waals surface area contributed by atoms with Gasteiger partial charge < -0.3 is 0 Å². The van der Waals surface area contributed by atoms with Crippen molar-refractivity contribution in [3.63, 3.8) is 0 Å². The number of hydrogen-bond donors (Lipinski definition) is 0. The molecule has 0 fully saturated rings. The Morgan fingerprint density at radius 2 is 2.33 bits per heavy atom. The lowest BCUT2D eigenvalue weighted by molar-refractivity contribution is 0.738. The van der Waals surface area contributed by atoms with Crippen LogP contribution in [0.4, 0.5) is 0 Å². The van der Waals surface area contributed by atoms with Crippen molar-refractivity contribution in [1.29, 1.82) is 0 Å². The first-order valence-corrected chi connectivity index (χ1v) is 3.02. The van der Waals surface area contributed by atoms with Crippen LogP contribution in [0.25, 0.3) is 0 Å². The molecule has 0 spiro atoms. The Morgan fingerprint density at radius 1 is 1.56 bits per heavy atom. The predicted molar refractivity (Wildman–Crippen MR) is 37.3 cm³/mol. The number of allylic oxidation sites excluding steroid dienone is 2. The highest BCUT2D eigenvalue weighted by atomic mass is 35.5. The van der Waals surface area contributed by atoms with Crippen LogP contribution in [0.5, 0.6) is 0 Å². The van der Waals surface area contributed by atoms with E-state index in [2.05, 4.69) is 5.18 Å². The summed E-state index contributed by atoms with van der Waals surface area (Å²) in [5, 5.41) is 2.76. The van der Waals surface area contributed by atoms with Crippen molar-refractivity contribution < 1.29 is 0 Å². The van der Waals surface area contributed by atoms with Gasteiger partial charge in [0.25, 0.3) is 0 Å². The minimum absolute atomic E-state index is 0.495. The van der Waals surface area contributed by atoms with Crippen LogP contribution in [0, 0.1) is 4.91 Å². The van der Waals surface area contributed by atoms with E-state index in [1.807, 2.05) is 12.2 Å². The number of rotatable bonds is 1. The van der Waals surface area contributed by atoms with Crippen LogP contribution in [0.3, 0.4) is 0 Å². The first kappa shape index (κ1) is 6.49. The molecule has 0 bridgehead atoms. The summed E-state index contributed by atoms with van der Waals surface area (Å²) in [5.41, 5.74) is 0. The van der Waals surface area contributed by atoms with Gasteiger partial charge in [-0.15, -0.1) is 4.91 Å². The summed E-state index contributed by atoms with van der Waals surface area (Å²) < 4.78 is 0. The van der Waals surface area contributed by atoms with Crippen LogP contribution < -0.4 is 0 Å². The summed E-state index contributed by atoms with van der Waals surface area (Å²) in [6.07, 6.45) is 7.45. The van der Waals surface area contributed by atoms with E-state index in [-0.39, 0.29) is 0 Å². The van der Waals surface area contributed by atoms with E-state index >= 15 is 0 Å². The monoisotopic (exact) mass is 143 g/mol. The van der Waals surface area contributed by atoms with Gasteiger partial charge in [-0.05, 0) is 11.3 Å². The molecule has 0 N–H and O–H groups in total. The summed E-state index contributed by atoms with van der Waals surface area (Å²) in [7, 11) is 0. The van der Waals surface area contributed by atoms with E-state index in [4.69, 9.17) is 11.6 Å². The number of halogens is 1. The predicted octanol–water partition coefficient (Wildman–Crippen LogP) is 2.20. The third-order valence-corrected chi connectivity index (χ3v) is 1.50. The molecule has 1 unspecified atom stereocenters. The Hall–Kier alpha value is -0.630. The van der Waals surface area contributed by atoms with E-state index in [0.29, 0.717) is 6.42 Å². The maximum Gasteiger partial charge on any atom is 0.197 e. The van der Waals surface area contributed by atoms with E-state index in [1.165, 1.54) is 0 Å².